The maximum Gasteiger partial charge on any atom is 0.120 e. The van der Waals surface area contributed by atoms with Gasteiger partial charge in [-0.15, -0.1) is 0 Å². The quantitative estimate of drug-likeness (QED) is 0.798. The van der Waals surface area contributed by atoms with E-state index in [1.807, 2.05) is 49.0 Å². The van der Waals surface area contributed by atoms with Crippen LogP contribution in [0.4, 0.5) is 5.69 Å². The molecule has 0 aliphatic heterocycles. The zero-order valence-electron chi connectivity index (χ0n) is 12.1. The number of aromatic nitrogens is 2. The molecule has 0 saturated heterocycles. The van der Waals surface area contributed by atoms with Gasteiger partial charge in [0.05, 0.1) is 11.2 Å². The van der Waals surface area contributed by atoms with Crippen molar-refractivity contribution < 1.29 is 0 Å². The van der Waals surface area contributed by atoms with E-state index in [2.05, 4.69) is 28.5 Å². The second-order valence-corrected chi connectivity index (χ2v) is 5.14. The first-order valence-corrected chi connectivity index (χ1v) is 6.83. The number of pyridine rings is 1. The van der Waals surface area contributed by atoms with Crippen molar-refractivity contribution in [2.75, 3.05) is 5.32 Å². The largest absolute Gasteiger partial charge is 0.379 e. The number of benzene rings is 1. The molecule has 0 saturated carbocycles. The van der Waals surface area contributed by atoms with Crippen molar-refractivity contribution in [1.82, 2.24) is 9.55 Å². The van der Waals surface area contributed by atoms with E-state index in [0.717, 1.165) is 27.8 Å². The summed E-state index contributed by atoms with van der Waals surface area (Å²) in [6.45, 7) is 2.66. The van der Waals surface area contributed by atoms with Crippen LogP contribution in [-0.4, -0.2) is 9.55 Å². The van der Waals surface area contributed by atoms with Gasteiger partial charge >= 0.3 is 0 Å². The molecular weight excluding hydrogens is 260 g/mol. The van der Waals surface area contributed by atoms with Crippen LogP contribution in [0.2, 0.25) is 0 Å². The fourth-order valence-corrected chi connectivity index (χ4v) is 2.43. The second-order valence-electron chi connectivity index (χ2n) is 5.14. The van der Waals surface area contributed by atoms with Crippen molar-refractivity contribution in [3.63, 3.8) is 0 Å². The Kier molecular flexibility index (Phi) is 3.33. The van der Waals surface area contributed by atoms with E-state index >= 15 is 0 Å². The van der Waals surface area contributed by atoms with Gasteiger partial charge in [0, 0.05) is 30.9 Å². The lowest BCUT2D eigenvalue weighted by Crippen LogP contribution is -2.00. The maximum atomic E-state index is 8.99. The summed E-state index contributed by atoms with van der Waals surface area (Å²) in [5, 5.41) is 13.5. The molecule has 104 valence electrons. The number of rotatable bonds is 3. The van der Waals surface area contributed by atoms with Gasteiger partial charge in [-0.1, -0.05) is 18.2 Å². The molecule has 2 aromatic heterocycles. The normalized spacial score (nSPS) is 10.5. The fraction of sp³-hybridized carbons (Fsp3) is 0.176. The number of nitrogens with one attached hydrogen (secondary N) is 1. The fourth-order valence-electron chi connectivity index (χ4n) is 2.43. The second kappa shape index (κ2) is 5.29. The Balaban J connectivity index is 1.88. The van der Waals surface area contributed by atoms with E-state index < -0.39 is 0 Å². The molecule has 0 bridgehead atoms. The van der Waals surface area contributed by atoms with E-state index in [-0.39, 0.29) is 0 Å². The van der Waals surface area contributed by atoms with Crippen LogP contribution < -0.4 is 5.32 Å². The third-order valence-electron chi connectivity index (χ3n) is 3.52. The molecule has 0 fully saturated rings. The molecule has 1 N–H and O–H groups in total. The summed E-state index contributed by atoms with van der Waals surface area (Å²) in [4.78, 5) is 4.61. The molecule has 0 atom stereocenters. The number of hydrogen-bond donors (Lipinski definition) is 1. The highest BCUT2D eigenvalue weighted by atomic mass is 14.9. The molecule has 4 nitrogen and oxygen atoms in total. The lowest BCUT2D eigenvalue weighted by Gasteiger charge is -2.08. The predicted molar refractivity (Wildman–Crippen MR) is 83.9 cm³/mol. The van der Waals surface area contributed by atoms with E-state index in [9.17, 15) is 0 Å². The van der Waals surface area contributed by atoms with E-state index in [1.165, 1.54) is 0 Å². The minimum atomic E-state index is 0.665. The number of nitrogens with zero attached hydrogens (tertiary/aromatic N) is 3. The molecule has 0 radical (unpaired) electrons. The Bertz CT molecular complexity index is 840. The van der Waals surface area contributed by atoms with E-state index in [4.69, 9.17) is 5.26 Å². The van der Waals surface area contributed by atoms with Crippen LogP contribution in [0.25, 0.3) is 10.9 Å². The summed E-state index contributed by atoms with van der Waals surface area (Å²) in [5.74, 6) is 0. The lowest BCUT2D eigenvalue weighted by molar-refractivity contribution is 0.902. The van der Waals surface area contributed by atoms with Gasteiger partial charge in [-0.25, -0.2) is 0 Å². The molecule has 1 aromatic carbocycles. The predicted octanol–water partition coefficient (Wildman–Crippen LogP) is 3.37. The van der Waals surface area contributed by atoms with Gasteiger partial charge in [0.15, 0.2) is 0 Å². The lowest BCUT2D eigenvalue weighted by atomic mass is 10.1. The number of fused-ring (bicyclic) bond motifs is 1. The SMILES string of the molecule is Cc1ccc2cccc(NCc3cc(C#N)n(C)c3)c2n1. The van der Waals surface area contributed by atoms with Gasteiger partial charge in [0.25, 0.3) is 0 Å². The number of nitriles is 1. The van der Waals surface area contributed by atoms with E-state index in [1.54, 1.807) is 0 Å². The number of anilines is 1. The average Bonchev–Trinajstić information content (AvgIpc) is 2.85. The molecule has 0 unspecified atom stereocenters. The highest BCUT2D eigenvalue weighted by molar-refractivity contribution is 5.90. The van der Waals surface area contributed by atoms with Crippen LogP contribution in [0.15, 0.2) is 42.6 Å². The Morgan fingerprint density at radius 3 is 2.90 bits per heavy atom. The van der Waals surface area contributed by atoms with Crippen molar-refractivity contribution in [3.8, 4) is 6.07 Å². The molecule has 0 aliphatic rings. The van der Waals surface area contributed by atoms with Crippen LogP contribution in [0, 0.1) is 18.3 Å². The number of aryl methyl sites for hydroxylation is 2. The van der Waals surface area contributed by atoms with Crippen LogP contribution in [0.3, 0.4) is 0 Å². The molecule has 3 rings (SSSR count). The van der Waals surface area contributed by atoms with Gasteiger partial charge in [-0.2, -0.15) is 5.26 Å². The van der Waals surface area contributed by atoms with Crippen LogP contribution in [0.5, 0.6) is 0 Å². The van der Waals surface area contributed by atoms with Gasteiger partial charge in [-0.05, 0) is 30.7 Å². The van der Waals surface area contributed by atoms with Crippen molar-refractivity contribution in [1.29, 1.82) is 5.26 Å². The highest BCUT2D eigenvalue weighted by Gasteiger charge is 2.05. The Morgan fingerprint density at radius 1 is 1.29 bits per heavy atom. The molecule has 21 heavy (non-hydrogen) atoms. The molecule has 0 spiro atoms. The third-order valence-corrected chi connectivity index (χ3v) is 3.52. The van der Waals surface area contributed by atoms with Crippen LogP contribution >= 0.6 is 0 Å². The first kappa shape index (κ1) is 13.2. The monoisotopic (exact) mass is 276 g/mol. The molecule has 4 heteroatoms. The third kappa shape index (κ3) is 2.59. The van der Waals surface area contributed by atoms with Crippen molar-refractivity contribution >= 4 is 16.6 Å². The Morgan fingerprint density at radius 2 is 2.14 bits per heavy atom. The summed E-state index contributed by atoms with van der Waals surface area (Å²) in [5.41, 5.74) is 4.74. The van der Waals surface area contributed by atoms with Crippen LogP contribution in [-0.2, 0) is 13.6 Å². The summed E-state index contributed by atoms with van der Waals surface area (Å²) in [7, 11) is 1.88. The van der Waals surface area contributed by atoms with Gasteiger partial charge in [0.2, 0.25) is 0 Å². The Labute approximate surface area is 123 Å². The summed E-state index contributed by atoms with van der Waals surface area (Å²) >= 11 is 0. The van der Waals surface area contributed by atoms with Gasteiger partial charge in [0.1, 0.15) is 11.8 Å². The first-order valence-electron chi connectivity index (χ1n) is 6.83. The van der Waals surface area contributed by atoms with E-state index in [0.29, 0.717) is 12.2 Å². The highest BCUT2D eigenvalue weighted by Crippen LogP contribution is 2.22. The topological polar surface area (TPSA) is 53.6 Å². The zero-order valence-corrected chi connectivity index (χ0v) is 12.1. The first-order chi connectivity index (χ1) is 10.2. The number of hydrogen-bond acceptors (Lipinski definition) is 3. The Hall–Kier alpha value is -2.80. The standard InChI is InChI=1S/C17H16N4/c1-12-6-7-14-4-3-5-16(17(14)20-12)19-10-13-8-15(9-18)21(2)11-13/h3-8,11,19H,10H2,1-2H3. The summed E-state index contributed by atoms with van der Waals surface area (Å²) in [6.07, 6.45) is 1.97. The molecular formula is C17H16N4. The molecule has 2 heterocycles. The smallest absolute Gasteiger partial charge is 0.120 e. The van der Waals surface area contributed by atoms with Gasteiger partial charge < -0.3 is 9.88 Å². The number of para-hydroxylation sites is 1. The van der Waals surface area contributed by atoms with Crippen molar-refractivity contribution in [3.05, 3.63) is 59.5 Å². The molecule has 0 aliphatic carbocycles. The van der Waals surface area contributed by atoms with Crippen molar-refractivity contribution in [2.45, 2.75) is 13.5 Å². The minimum Gasteiger partial charge on any atom is -0.379 e. The van der Waals surface area contributed by atoms with Crippen molar-refractivity contribution in [2.24, 2.45) is 7.05 Å². The zero-order chi connectivity index (χ0) is 14.8. The molecule has 0 amide bonds. The minimum absolute atomic E-state index is 0.665. The summed E-state index contributed by atoms with van der Waals surface area (Å²) in [6, 6.07) is 14.3. The molecule has 3 aromatic rings. The van der Waals surface area contributed by atoms with Gasteiger partial charge in [-0.3, -0.25) is 4.98 Å². The van der Waals surface area contributed by atoms with Crippen LogP contribution in [0.1, 0.15) is 17.0 Å². The summed E-state index contributed by atoms with van der Waals surface area (Å²) < 4.78 is 1.84. The average molecular weight is 276 g/mol. The maximum absolute atomic E-state index is 8.99.